The predicted molar refractivity (Wildman–Crippen MR) is 91.9 cm³/mol. The highest BCUT2D eigenvalue weighted by Gasteiger charge is 2.25. The van der Waals surface area contributed by atoms with Crippen LogP contribution in [0.3, 0.4) is 0 Å². The van der Waals surface area contributed by atoms with Crippen molar-refractivity contribution in [2.75, 3.05) is 51.3 Å². The third-order valence-electron chi connectivity index (χ3n) is 3.66. The lowest BCUT2D eigenvalue weighted by molar-refractivity contribution is 0.0657. The van der Waals surface area contributed by atoms with Gasteiger partial charge >= 0.3 is 0 Å². The summed E-state index contributed by atoms with van der Waals surface area (Å²) >= 11 is 0. The number of guanidine groups is 1. The van der Waals surface area contributed by atoms with Crippen molar-refractivity contribution in [3.8, 4) is 0 Å². The molecule has 1 aromatic heterocycles. The third kappa shape index (κ3) is 5.26. The molecule has 0 spiro atoms. The number of furan rings is 1. The van der Waals surface area contributed by atoms with Crippen molar-refractivity contribution in [3.63, 3.8) is 0 Å². The van der Waals surface area contributed by atoms with Crippen LogP contribution < -0.4 is 5.32 Å². The van der Waals surface area contributed by atoms with E-state index in [0.717, 1.165) is 0 Å². The molecular formula is C15H24N4O4S. The maximum absolute atomic E-state index is 12.2. The third-order valence-corrected chi connectivity index (χ3v) is 4.58. The Morgan fingerprint density at radius 2 is 1.96 bits per heavy atom. The summed E-state index contributed by atoms with van der Waals surface area (Å²) in [7, 11) is -3.03. The number of piperazine rings is 1. The Balaban J connectivity index is 1.92. The van der Waals surface area contributed by atoms with E-state index in [4.69, 9.17) is 4.42 Å². The average molecular weight is 356 g/mol. The van der Waals surface area contributed by atoms with Gasteiger partial charge in [0.25, 0.3) is 5.91 Å². The van der Waals surface area contributed by atoms with Gasteiger partial charge in [0.2, 0.25) is 0 Å². The zero-order chi connectivity index (χ0) is 17.6. The molecule has 1 saturated heterocycles. The number of hydrogen-bond acceptors (Lipinski definition) is 5. The lowest BCUT2D eigenvalue weighted by atomic mass is 10.3. The fraction of sp³-hybridized carbons (Fsp3) is 0.600. The highest BCUT2D eigenvalue weighted by atomic mass is 32.2. The maximum atomic E-state index is 12.2. The lowest BCUT2D eigenvalue weighted by Crippen LogP contribution is -2.53. The molecule has 8 nitrogen and oxygen atoms in total. The van der Waals surface area contributed by atoms with Gasteiger partial charge in [0.05, 0.1) is 18.6 Å². The van der Waals surface area contributed by atoms with Gasteiger partial charge in [0.1, 0.15) is 9.84 Å². The summed E-state index contributed by atoms with van der Waals surface area (Å²) in [5.74, 6) is 0.945. The SMILES string of the molecule is CCNC(=NCCS(C)(=O)=O)N1CCN(C(=O)c2ccco2)CC1. The van der Waals surface area contributed by atoms with Crippen molar-refractivity contribution in [3.05, 3.63) is 24.2 Å². The number of carbonyl (C=O) groups is 1. The van der Waals surface area contributed by atoms with Gasteiger partial charge in [-0.25, -0.2) is 8.42 Å². The van der Waals surface area contributed by atoms with Gasteiger partial charge in [-0.05, 0) is 19.1 Å². The van der Waals surface area contributed by atoms with Crippen LogP contribution in [-0.4, -0.2) is 81.4 Å². The Morgan fingerprint density at radius 3 is 2.50 bits per heavy atom. The van der Waals surface area contributed by atoms with Crippen molar-refractivity contribution in [1.29, 1.82) is 0 Å². The number of amides is 1. The number of sulfone groups is 1. The Morgan fingerprint density at radius 1 is 1.29 bits per heavy atom. The van der Waals surface area contributed by atoms with Crippen LogP contribution in [0.2, 0.25) is 0 Å². The molecule has 1 aromatic rings. The number of aliphatic imine (C=N–C) groups is 1. The van der Waals surface area contributed by atoms with Gasteiger partial charge in [-0.3, -0.25) is 9.79 Å². The summed E-state index contributed by atoms with van der Waals surface area (Å²) in [4.78, 5) is 20.4. The first-order valence-corrected chi connectivity index (χ1v) is 10.0. The quantitative estimate of drug-likeness (QED) is 0.592. The molecule has 1 fully saturated rings. The molecule has 1 amide bonds. The Bertz CT molecular complexity index is 662. The minimum atomic E-state index is -3.03. The van der Waals surface area contributed by atoms with Crippen LogP contribution in [-0.2, 0) is 9.84 Å². The van der Waals surface area contributed by atoms with Crippen LogP contribution in [0.25, 0.3) is 0 Å². The van der Waals surface area contributed by atoms with Crippen molar-refractivity contribution >= 4 is 21.7 Å². The number of nitrogens with one attached hydrogen (secondary N) is 1. The molecular weight excluding hydrogens is 332 g/mol. The van der Waals surface area contributed by atoms with Crippen molar-refractivity contribution in [2.24, 2.45) is 4.99 Å². The summed E-state index contributed by atoms with van der Waals surface area (Å²) in [6.07, 6.45) is 2.69. The number of hydrogen-bond donors (Lipinski definition) is 1. The first-order chi connectivity index (χ1) is 11.4. The molecule has 1 aliphatic rings. The van der Waals surface area contributed by atoms with E-state index in [-0.39, 0.29) is 18.2 Å². The first kappa shape index (κ1) is 18.3. The molecule has 2 rings (SSSR count). The topological polar surface area (TPSA) is 95.2 Å². The molecule has 0 atom stereocenters. The van der Waals surface area contributed by atoms with Crippen LogP contribution in [0.4, 0.5) is 0 Å². The van der Waals surface area contributed by atoms with Crippen LogP contribution in [0, 0.1) is 0 Å². The molecule has 9 heteroatoms. The largest absolute Gasteiger partial charge is 0.459 e. The van der Waals surface area contributed by atoms with E-state index >= 15 is 0 Å². The lowest BCUT2D eigenvalue weighted by Gasteiger charge is -2.36. The molecule has 0 aromatic carbocycles. The molecule has 0 saturated carbocycles. The zero-order valence-corrected chi connectivity index (χ0v) is 14.9. The highest BCUT2D eigenvalue weighted by Crippen LogP contribution is 2.09. The number of nitrogens with zero attached hydrogens (tertiary/aromatic N) is 3. The molecule has 0 radical (unpaired) electrons. The summed E-state index contributed by atoms with van der Waals surface area (Å²) in [5.41, 5.74) is 0. The van der Waals surface area contributed by atoms with E-state index in [1.807, 2.05) is 11.8 Å². The van der Waals surface area contributed by atoms with Gasteiger partial charge in [0, 0.05) is 39.0 Å². The highest BCUT2D eigenvalue weighted by molar-refractivity contribution is 7.90. The van der Waals surface area contributed by atoms with Crippen molar-refractivity contribution < 1.29 is 17.6 Å². The maximum Gasteiger partial charge on any atom is 0.289 e. The summed E-state index contributed by atoms with van der Waals surface area (Å²) in [6.45, 7) is 5.29. The minimum Gasteiger partial charge on any atom is -0.459 e. The summed E-state index contributed by atoms with van der Waals surface area (Å²) in [6, 6.07) is 3.35. The average Bonchev–Trinajstić information content (AvgIpc) is 3.07. The molecule has 2 heterocycles. The van der Waals surface area contributed by atoms with Gasteiger partial charge in [0.15, 0.2) is 11.7 Å². The Labute approximate surface area is 142 Å². The second-order valence-electron chi connectivity index (χ2n) is 5.62. The van der Waals surface area contributed by atoms with Crippen LogP contribution in [0.15, 0.2) is 27.8 Å². The molecule has 1 aliphatic heterocycles. The summed E-state index contributed by atoms with van der Waals surface area (Å²) in [5, 5.41) is 3.17. The first-order valence-electron chi connectivity index (χ1n) is 7.94. The van der Waals surface area contributed by atoms with Crippen molar-refractivity contribution in [1.82, 2.24) is 15.1 Å². The van der Waals surface area contributed by atoms with Gasteiger partial charge < -0.3 is 19.5 Å². The molecule has 134 valence electrons. The minimum absolute atomic E-state index is 0.0266. The van der Waals surface area contributed by atoms with Gasteiger partial charge in [-0.15, -0.1) is 0 Å². The second kappa shape index (κ2) is 8.18. The van der Waals surface area contributed by atoms with Crippen molar-refractivity contribution in [2.45, 2.75) is 6.92 Å². The smallest absolute Gasteiger partial charge is 0.289 e. The predicted octanol–water partition coefficient (Wildman–Crippen LogP) is 0.0475. The molecule has 1 N–H and O–H groups in total. The zero-order valence-electron chi connectivity index (χ0n) is 14.1. The van der Waals surface area contributed by atoms with Crippen LogP contribution in [0.1, 0.15) is 17.5 Å². The van der Waals surface area contributed by atoms with E-state index < -0.39 is 9.84 Å². The molecule has 24 heavy (non-hydrogen) atoms. The Hall–Kier alpha value is -2.03. The van der Waals surface area contributed by atoms with Crippen LogP contribution in [0.5, 0.6) is 0 Å². The molecule has 0 unspecified atom stereocenters. The normalized spacial score (nSPS) is 16.3. The van der Waals surface area contributed by atoms with Crippen LogP contribution >= 0.6 is 0 Å². The second-order valence-corrected chi connectivity index (χ2v) is 7.88. The molecule has 0 bridgehead atoms. The van der Waals surface area contributed by atoms with E-state index in [2.05, 4.69) is 10.3 Å². The standard InChI is InChI=1S/C15H24N4O4S/c1-3-16-15(17-6-12-24(2,21)22)19-9-7-18(8-10-19)14(20)13-5-4-11-23-13/h4-5,11H,3,6-10,12H2,1-2H3,(H,16,17). The van der Waals surface area contributed by atoms with E-state index in [9.17, 15) is 13.2 Å². The molecule has 0 aliphatic carbocycles. The fourth-order valence-corrected chi connectivity index (χ4v) is 2.84. The van der Waals surface area contributed by atoms with Gasteiger partial charge in [-0.2, -0.15) is 0 Å². The summed E-state index contributed by atoms with van der Waals surface area (Å²) < 4.78 is 27.6. The monoisotopic (exact) mass is 356 g/mol. The van der Waals surface area contributed by atoms with E-state index in [1.54, 1.807) is 17.0 Å². The van der Waals surface area contributed by atoms with E-state index in [1.165, 1.54) is 12.5 Å². The number of rotatable bonds is 5. The Kier molecular flexibility index (Phi) is 6.24. The van der Waals surface area contributed by atoms with E-state index in [0.29, 0.717) is 44.4 Å². The fourth-order valence-electron chi connectivity index (χ4n) is 2.42. The van der Waals surface area contributed by atoms with Gasteiger partial charge in [-0.1, -0.05) is 0 Å². The number of carbonyl (C=O) groups excluding carboxylic acids is 1.